The highest BCUT2D eigenvalue weighted by molar-refractivity contribution is 5.48. The predicted molar refractivity (Wildman–Crippen MR) is 117 cm³/mol. The normalized spacial score (nSPS) is 16.1. The molecule has 1 aliphatic rings. The Kier molecular flexibility index (Phi) is 9.60. The van der Waals surface area contributed by atoms with Crippen molar-refractivity contribution in [1.29, 1.82) is 0 Å². The minimum absolute atomic E-state index is 0.657. The van der Waals surface area contributed by atoms with Crippen LogP contribution in [0.15, 0.2) is 24.3 Å². The highest BCUT2D eigenvalue weighted by atomic mass is 16.5. The first-order valence-corrected chi connectivity index (χ1v) is 10.8. The van der Waals surface area contributed by atoms with Crippen molar-refractivity contribution >= 4 is 5.69 Å². The molecule has 0 aromatic heterocycles. The van der Waals surface area contributed by atoms with Gasteiger partial charge in [-0.3, -0.25) is 9.80 Å². The number of nitrogens with zero attached hydrogens (tertiary/aromatic N) is 3. The van der Waals surface area contributed by atoms with E-state index in [1.54, 1.807) is 0 Å². The average molecular weight is 376 g/mol. The van der Waals surface area contributed by atoms with Crippen molar-refractivity contribution in [2.24, 2.45) is 5.92 Å². The van der Waals surface area contributed by atoms with E-state index >= 15 is 0 Å². The molecule has 1 aromatic rings. The molecule has 2 rings (SSSR count). The van der Waals surface area contributed by atoms with Gasteiger partial charge >= 0.3 is 0 Å². The van der Waals surface area contributed by atoms with Crippen molar-refractivity contribution in [2.75, 3.05) is 57.9 Å². The number of anilines is 1. The molecule has 1 fully saturated rings. The first-order chi connectivity index (χ1) is 13.0. The molecule has 0 N–H and O–H groups in total. The van der Waals surface area contributed by atoms with Gasteiger partial charge in [-0.2, -0.15) is 0 Å². The Hall–Kier alpha value is -1.10. The Bertz CT molecular complexity index is 507. The van der Waals surface area contributed by atoms with Gasteiger partial charge in [0.25, 0.3) is 0 Å². The van der Waals surface area contributed by atoms with E-state index in [-0.39, 0.29) is 0 Å². The van der Waals surface area contributed by atoms with Crippen LogP contribution in [-0.4, -0.2) is 68.8 Å². The molecule has 0 bridgehead atoms. The van der Waals surface area contributed by atoms with Gasteiger partial charge in [0.2, 0.25) is 0 Å². The molecule has 0 amide bonds. The van der Waals surface area contributed by atoms with E-state index in [1.165, 1.54) is 37.2 Å². The van der Waals surface area contributed by atoms with Crippen molar-refractivity contribution in [1.82, 2.24) is 9.80 Å². The maximum atomic E-state index is 5.76. The van der Waals surface area contributed by atoms with E-state index in [0.29, 0.717) is 6.04 Å². The summed E-state index contributed by atoms with van der Waals surface area (Å²) in [5, 5.41) is 0. The zero-order valence-corrected chi connectivity index (χ0v) is 18.3. The zero-order chi connectivity index (χ0) is 19.6. The van der Waals surface area contributed by atoms with Gasteiger partial charge in [0.15, 0.2) is 0 Å². The van der Waals surface area contributed by atoms with Gasteiger partial charge in [-0.25, -0.2) is 0 Å². The number of likely N-dealkylation sites (N-methyl/N-ethyl adjacent to an activating group) is 1. The molecule has 0 saturated carbocycles. The van der Waals surface area contributed by atoms with Crippen LogP contribution in [0.1, 0.15) is 46.1 Å². The molecule has 1 aliphatic heterocycles. The number of hydrogen-bond acceptors (Lipinski definition) is 4. The third kappa shape index (κ3) is 8.20. The first kappa shape index (κ1) is 22.2. The lowest BCUT2D eigenvalue weighted by atomic mass is 10.1. The van der Waals surface area contributed by atoms with Gasteiger partial charge in [0, 0.05) is 57.6 Å². The van der Waals surface area contributed by atoms with Crippen LogP contribution in [0.4, 0.5) is 5.69 Å². The van der Waals surface area contributed by atoms with Crippen LogP contribution in [0.5, 0.6) is 0 Å². The molecule has 0 atom stereocenters. The number of benzene rings is 1. The molecule has 1 aromatic carbocycles. The van der Waals surface area contributed by atoms with Gasteiger partial charge in [0.1, 0.15) is 0 Å². The Morgan fingerprint density at radius 3 is 2.22 bits per heavy atom. The summed E-state index contributed by atoms with van der Waals surface area (Å²) in [5.74, 6) is 0.776. The molecule has 1 heterocycles. The topological polar surface area (TPSA) is 19.0 Å². The predicted octanol–water partition coefficient (Wildman–Crippen LogP) is 4.10. The molecular formula is C23H41N3O. The summed E-state index contributed by atoms with van der Waals surface area (Å²) in [6, 6.07) is 9.80. The number of rotatable bonds is 11. The van der Waals surface area contributed by atoms with Crippen LogP contribution in [-0.2, 0) is 11.3 Å². The molecule has 0 unspecified atom stereocenters. The Labute approximate surface area is 167 Å². The van der Waals surface area contributed by atoms with Crippen molar-refractivity contribution in [2.45, 2.75) is 53.1 Å². The van der Waals surface area contributed by atoms with Gasteiger partial charge < -0.3 is 9.64 Å². The second-order valence-electron chi connectivity index (χ2n) is 8.67. The quantitative estimate of drug-likeness (QED) is 0.542. The first-order valence-electron chi connectivity index (χ1n) is 10.8. The van der Waals surface area contributed by atoms with Gasteiger partial charge in [-0.05, 0) is 57.4 Å². The van der Waals surface area contributed by atoms with Gasteiger partial charge in [0.05, 0.1) is 6.61 Å². The fourth-order valence-electron chi connectivity index (χ4n) is 3.62. The fourth-order valence-corrected chi connectivity index (χ4v) is 3.62. The summed E-state index contributed by atoms with van der Waals surface area (Å²) in [6.45, 7) is 17.4. The third-order valence-electron chi connectivity index (χ3n) is 5.49. The number of piperazine rings is 1. The molecule has 4 heteroatoms. The van der Waals surface area contributed by atoms with E-state index in [2.05, 4.69) is 73.7 Å². The lowest BCUT2D eigenvalue weighted by Crippen LogP contribution is -2.48. The summed E-state index contributed by atoms with van der Waals surface area (Å²) in [4.78, 5) is 7.42. The molecule has 4 nitrogen and oxygen atoms in total. The van der Waals surface area contributed by atoms with Crippen LogP contribution in [0.3, 0.4) is 0 Å². The second-order valence-corrected chi connectivity index (χ2v) is 8.67. The Balaban J connectivity index is 1.66. The number of ether oxygens (including phenoxy) is 1. The molecule has 154 valence electrons. The Morgan fingerprint density at radius 1 is 0.963 bits per heavy atom. The number of hydrogen-bond donors (Lipinski definition) is 0. The van der Waals surface area contributed by atoms with Crippen molar-refractivity contribution < 1.29 is 4.74 Å². The second kappa shape index (κ2) is 11.7. The van der Waals surface area contributed by atoms with Gasteiger partial charge in [-0.15, -0.1) is 0 Å². The maximum absolute atomic E-state index is 5.76. The SMILES string of the molecule is CC(C)CCCOCCN(C)Cc1ccc(N2CCN(C(C)C)CC2)cc1. The standard InChI is InChI=1S/C23H41N3O/c1-20(2)7-6-17-27-18-16-24(5)19-22-8-10-23(11-9-22)26-14-12-25(13-15-26)21(3)4/h8-11,20-21H,6-7,12-19H2,1-5H3. The lowest BCUT2D eigenvalue weighted by molar-refractivity contribution is 0.105. The minimum atomic E-state index is 0.657. The summed E-state index contributed by atoms with van der Waals surface area (Å²) < 4.78 is 5.76. The molecular weight excluding hydrogens is 334 g/mol. The summed E-state index contributed by atoms with van der Waals surface area (Å²) in [6.07, 6.45) is 2.43. The third-order valence-corrected chi connectivity index (χ3v) is 5.49. The highest BCUT2D eigenvalue weighted by Crippen LogP contribution is 2.18. The van der Waals surface area contributed by atoms with E-state index < -0.39 is 0 Å². The van der Waals surface area contributed by atoms with Gasteiger partial charge in [-0.1, -0.05) is 26.0 Å². The summed E-state index contributed by atoms with van der Waals surface area (Å²) in [7, 11) is 2.18. The van der Waals surface area contributed by atoms with E-state index in [1.807, 2.05) is 0 Å². The largest absolute Gasteiger partial charge is 0.380 e. The average Bonchev–Trinajstić information content (AvgIpc) is 2.65. The Morgan fingerprint density at radius 2 is 1.63 bits per heavy atom. The zero-order valence-electron chi connectivity index (χ0n) is 18.3. The van der Waals surface area contributed by atoms with E-state index in [4.69, 9.17) is 4.74 Å². The molecule has 1 saturated heterocycles. The molecule has 0 aliphatic carbocycles. The van der Waals surface area contributed by atoms with Crippen LogP contribution in [0.2, 0.25) is 0 Å². The fraction of sp³-hybridized carbons (Fsp3) is 0.739. The molecule has 27 heavy (non-hydrogen) atoms. The van der Waals surface area contributed by atoms with Crippen LogP contribution >= 0.6 is 0 Å². The highest BCUT2D eigenvalue weighted by Gasteiger charge is 2.18. The maximum Gasteiger partial charge on any atom is 0.0593 e. The smallest absolute Gasteiger partial charge is 0.0593 e. The van der Waals surface area contributed by atoms with Crippen LogP contribution in [0, 0.1) is 5.92 Å². The summed E-state index contributed by atoms with van der Waals surface area (Å²) in [5.41, 5.74) is 2.74. The lowest BCUT2D eigenvalue weighted by Gasteiger charge is -2.38. The van der Waals surface area contributed by atoms with Crippen molar-refractivity contribution in [3.05, 3.63) is 29.8 Å². The van der Waals surface area contributed by atoms with Crippen molar-refractivity contribution in [3.63, 3.8) is 0 Å². The summed E-state index contributed by atoms with van der Waals surface area (Å²) >= 11 is 0. The van der Waals surface area contributed by atoms with E-state index in [9.17, 15) is 0 Å². The van der Waals surface area contributed by atoms with Crippen LogP contribution in [0.25, 0.3) is 0 Å². The minimum Gasteiger partial charge on any atom is -0.380 e. The van der Waals surface area contributed by atoms with Crippen molar-refractivity contribution in [3.8, 4) is 0 Å². The molecule has 0 spiro atoms. The monoisotopic (exact) mass is 375 g/mol. The molecule has 0 radical (unpaired) electrons. The van der Waals surface area contributed by atoms with E-state index in [0.717, 1.165) is 45.3 Å². The van der Waals surface area contributed by atoms with Crippen LogP contribution < -0.4 is 4.90 Å².